The van der Waals surface area contributed by atoms with Crippen LogP contribution in [-0.2, 0) is 4.79 Å². The monoisotopic (exact) mass is 186 g/mol. The van der Waals surface area contributed by atoms with Gasteiger partial charge in [-0.25, -0.2) is 10.2 Å². The summed E-state index contributed by atoms with van der Waals surface area (Å²) in [5.41, 5.74) is 3.63. The quantitative estimate of drug-likeness (QED) is 0.420. The van der Waals surface area contributed by atoms with Crippen LogP contribution in [0, 0.1) is 5.41 Å². The molecule has 74 valence electrons. The zero-order chi connectivity index (χ0) is 10.5. The van der Waals surface area contributed by atoms with Crippen LogP contribution in [0.2, 0.25) is 0 Å². The van der Waals surface area contributed by atoms with Crippen molar-refractivity contribution in [3.63, 3.8) is 0 Å². The Labute approximate surface area is 76.8 Å². The maximum atomic E-state index is 10.9. The highest BCUT2D eigenvalue weighted by Crippen LogP contribution is 2.13. The lowest BCUT2D eigenvalue weighted by molar-refractivity contribution is -0.117. The Kier molecular flexibility index (Phi) is 3.97. The van der Waals surface area contributed by atoms with Crippen LogP contribution in [0.3, 0.4) is 0 Å². The Bertz CT molecular complexity index is 228. The lowest BCUT2D eigenvalue weighted by atomic mass is 9.96. The van der Waals surface area contributed by atoms with Gasteiger partial charge in [0.05, 0.1) is 0 Å². The van der Waals surface area contributed by atoms with E-state index < -0.39 is 12.0 Å². The topological polar surface area (TPSA) is 78.4 Å². The molecule has 0 rings (SSSR count). The Morgan fingerprint density at radius 2 is 1.77 bits per heavy atom. The van der Waals surface area contributed by atoms with Crippen molar-refractivity contribution >= 4 is 12.0 Å². The van der Waals surface area contributed by atoms with E-state index in [9.17, 15) is 9.59 Å². The van der Waals surface area contributed by atoms with Gasteiger partial charge in [0.2, 0.25) is 0 Å². The minimum atomic E-state index is -1.29. The van der Waals surface area contributed by atoms with Gasteiger partial charge in [0.25, 0.3) is 5.91 Å². The van der Waals surface area contributed by atoms with Gasteiger partial charge in [-0.3, -0.25) is 10.2 Å². The third kappa shape index (κ3) is 8.39. The highest BCUT2D eigenvalue weighted by atomic mass is 16.4. The van der Waals surface area contributed by atoms with Crippen molar-refractivity contribution in [1.82, 2.24) is 10.9 Å². The van der Waals surface area contributed by atoms with Crippen LogP contribution in [-0.4, -0.2) is 17.1 Å². The first-order valence-electron chi connectivity index (χ1n) is 3.79. The summed E-state index contributed by atoms with van der Waals surface area (Å²) in [6.07, 6.45) is 1.68. The second-order valence-electron chi connectivity index (χ2n) is 3.62. The molecular weight excluding hydrogens is 172 g/mol. The van der Waals surface area contributed by atoms with Gasteiger partial charge in [0, 0.05) is 6.08 Å². The molecule has 0 radical (unpaired) electrons. The van der Waals surface area contributed by atoms with Crippen LogP contribution < -0.4 is 10.9 Å². The van der Waals surface area contributed by atoms with E-state index >= 15 is 0 Å². The molecule has 0 bridgehead atoms. The molecule has 0 aromatic heterocycles. The van der Waals surface area contributed by atoms with Crippen LogP contribution >= 0.6 is 0 Å². The lowest BCUT2D eigenvalue weighted by Crippen LogP contribution is -2.39. The third-order valence-electron chi connectivity index (χ3n) is 1.03. The van der Waals surface area contributed by atoms with E-state index in [2.05, 4.69) is 0 Å². The second kappa shape index (κ2) is 4.49. The maximum absolute atomic E-state index is 10.9. The molecule has 0 saturated carbocycles. The molecule has 0 aliphatic carbocycles. The number of carboxylic acid groups (broad SMARTS) is 1. The Morgan fingerprint density at radius 1 is 1.23 bits per heavy atom. The predicted octanol–water partition coefficient (Wildman–Crippen LogP) is 0.887. The predicted molar refractivity (Wildman–Crippen MR) is 47.9 cm³/mol. The molecule has 0 spiro atoms. The van der Waals surface area contributed by atoms with Gasteiger partial charge in [-0.05, 0) is 5.41 Å². The SMILES string of the molecule is CC(C)(C)C=CC(=O)NNC(=O)O. The molecule has 0 aliphatic heterocycles. The summed E-state index contributed by atoms with van der Waals surface area (Å²) in [5.74, 6) is -0.489. The minimum Gasteiger partial charge on any atom is -0.464 e. The number of hydrogen-bond acceptors (Lipinski definition) is 2. The van der Waals surface area contributed by atoms with Gasteiger partial charge in [-0.1, -0.05) is 26.8 Å². The molecule has 0 heterocycles. The number of nitrogens with one attached hydrogen (secondary N) is 2. The Balaban J connectivity index is 3.88. The molecule has 3 N–H and O–H groups in total. The van der Waals surface area contributed by atoms with E-state index in [0.717, 1.165) is 0 Å². The first-order valence-corrected chi connectivity index (χ1v) is 3.79. The van der Waals surface area contributed by atoms with Gasteiger partial charge in [0.1, 0.15) is 0 Å². The first kappa shape index (κ1) is 11.5. The molecule has 0 aromatic rings. The van der Waals surface area contributed by atoms with Crippen LogP contribution in [0.15, 0.2) is 12.2 Å². The Morgan fingerprint density at radius 3 is 2.15 bits per heavy atom. The summed E-state index contributed by atoms with van der Waals surface area (Å²) in [7, 11) is 0. The van der Waals surface area contributed by atoms with E-state index in [-0.39, 0.29) is 5.41 Å². The van der Waals surface area contributed by atoms with Gasteiger partial charge in [-0.15, -0.1) is 0 Å². The zero-order valence-electron chi connectivity index (χ0n) is 7.92. The number of carbonyl (C=O) groups is 2. The van der Waals surface area contributed by atoms with Crippen molar-refractivity contribution in [2.45, 2.75) is 20.8 Å². The van der Waals surface area contributed by atoms with Gasteiger partial charge >= 0.3 is 6.09 Å². The summed E-state index contributed by atoms with van der Waals surface area (Å²) in [5, 5.41) is 8.14. The smallest absolute Gasteiger partial charge is 0.423 e. The Hall–Kier alpha value is -1.52. The fraction of sp³-hybridized carbons (Fsp3) is 0.500. The number of carbonyl (C=O) groups excluding carboxylic acids is 1. The average molecular weight is 186 g/mol. The van der Waals surface area contributed by atoms with E-state index in [1.54, 1.807) is 11.5 Å². The third-order valence-corrected chi connectivity index (χ3v) is 1.03. The lowest BCUT2D eigenvalue weighted by Gasteiger charge is -2.10. The summed E-state index contributed by atoms with van der Waals surface area (Å²) in [6.45, 7) is 5.80. The number of hydrazine groups is 1. The minimum absolute atomic E-state index is 0.0967. The van der Waals surface area contributed by atoms with Crippen molar-refractivity contribution in [3.05, 3.63) is 12.2 Å². The summed E-state index contributed by atoms with van der Waals surface area (Å²) in [6, 6.07) is 0. The van der Waals surface area contributed by atoms with Crippen molar-refractivity contribution in [2.24, 2.45) is 5.41 Å². The van der Waals surface area contributed by atoms with Crippen LogP contribution in [0.4, 0.5) is 4.79 Å². The van der Waals surface area contributed by atoms with E-state index in [4.69, 9.17) is 5.11 Å². The van der Waals surface area contributed by atoms with Crippen molar-refractivity contribution < 1.29 is 14.7 Å². The van der Waals surface area contributed by atoms with E-state index in [0.29, 0.717) is 0 Å². The van der Waals surface area contributed by atoms with E-state index in [1.807, 2.05) is 26.2 Å². The number of rotatable bonds is 1. The standard InChI is InChI=1S/C8H14N2O3/c1-8(2,3)5-4-6(11)9-10-7(12)13/h4-5,10H,1-3H3,(H,9,11)(H,12,13). The first-order chi connectivity index (χ1) is 5.81. The highest BCUT2D eigenvalue weighted by molar-refractivity contribution is 5.88. The summed E-state index contributed by atoms with van der Waals surface area (Å²) < 4.78 is 0. The number of amides is 2. The summed E-state index contributed by atoms with van der Waals surface area (Å²) >= 11 is 0. The molecule has 5 heteroatoms. The van der Waals surface area contributed by atoms with Crippen molar-refractivity contribution in [2.75, 3.05) is 0 Å². The fourth-order valence-corrected chi connectivity index (χ4v) is 0.482. The molecular formula is C8H14N2O3. The molecule has 2 amide bonds. The van der Waals surface area contributed by atoms with Crippen molar-refractivity contribution in [1.29, 1.82) is 0 Å². The molecule has 0 saturated heterocycles. The average Bonchev–Trinajstić information content (AvgIpc) is 1.95. The van der Waals surface area contributed by atoms with Crippen LogP contribution in [0.5, 0.6) is 0 Å². The second-order valence-corrected chi connectivity index (χ2v) is 3.62. The molecule has 0 atom stereocenters. The molecule has 0 fully saturated rings. The van der Waals surface area contributed by atoms with Crippen LogP contribution in [0.1, 0.15) is 20.8 Å². The fourth-order valence-electron chi connectivity index (χ4n) is 0.482. The summed E-state index contributed by atoms with van der Waals surface area (Å²) in [4.78, 5) is 20.8. The largest absolute Gasteiger partial charge is 0.464 e. The van der Waals surface area contributed by atoms with Crippen molar-refractivity contribution in [3.8, 4) is 0 Å². The van der Waals surface area contributed by atoms with Gasteiger partial charge in [0.15, 0.2) is 0 Å². The maximum Gasteiger partial charge on any atom is 0.423 e. The van der Waals surface area contributed by atoms with Gasteiger partial charge < -0.3 is 5.11 Å². The number of hydrogen-bond donors (Lipinski definition) is 3. The molecule has 5 nitrogen and oxygen atoms in total. The molecule has 0 aromatic carbocycles. The normalized spacial score (nSPS) is 11.3. The van der Waals surface area contributed by atoms with Gasteiger partial charge in [-0.2, -0.15) is 0 Å². The number of allylic oxidation sites excluding steroid dienone is 1. The highest BCUT2D eigenvalue weighted by Gasteiger charge is 2.05. The van der Waals surface area contributed by atoms with Crippen LogP contribution in [0.25, 0.3) is 0 Å². The molecule has 13 heavy (non-hydrogen) atoms. The zero-order valence-corrected chi connectivity index (χ0v) is 7.92. The molecule has 0 aliphatic rings. The van der Waals surface area contributed by atoms with E-state index in [1.165, 1.54) is 6.08 Å². The molecule has 0 unspecified atom stereocenters.